The third-order valence-corrected chi connectivity index (χ3v) is 5.40. The molecule has 1 amide bonds. The molecule has 1 saturated heterocycles. The summed E-state index contributed by atoms with van der Waals surface area (Å²) < 4.78 is 1.50. The molecule has 1 saturated carbocycles. The smallest absolute Gasteiger partial charge is 0.330 e. The van der Waals surface area contributed by atoms with Gasteiger partial charge >= 0.3 is 5.69 Å². The highest BCUT2D eigenvalue weighted by Gasteiger charge is 2.31. The summed E-state index contributed by atoms with van der Waals surface area (Å²) in [6.07, 6.45) is 2.04. The predicted octanol–water partition coefficient (Wildman–Crippen LogP) is 1.90. The van der Waals surface area contributed by atoms with E-state index in [4.69, 9.17) is 0 Å². The highest BCUT2D eigenvalue weighted by Crippen LogP contribution is 2.40. The van der Waals surface area contributed by atoms with Crippen LogP contribution in [0.25, 0.3) is 11.0 Å². The van der Waals surface area contributed by atoms with Crippen LogP contribution >= 0.6 is 24.8 Å². The van der Waals surface area contributed by atoms with Gasteiger partial charge in [0.25, 0.3) is 11.5 Å². The molecule has 4 rings (SSSR count). The first-order valence-corrected chi connectivity index (χ1v) is 10.1. The molecule has 2 N–H and O–H groups in total. The number of hydrogen-bond acceptors (Lipinski definition) is 5. The maximum absolute atomic E-state index is 13.4. The lowest BCUT2D eigenvalue weighted by Crippen LogP contribution is -2.51. The highest BCUT2D eigenvalue weighted by atomic mass is 35.5. The minimum atomic E-state index is -0.540. The van der Waals surface area contributed by atoms with E-state index in [0.29, 0.717) is 36.8 Å². The second kappa shape index (κ2) is 9.49. The van der Waals surface area contributed by atoms with Gasteiger partial charge in [0.2, 0.25) is 0 Å². The zero-order chi connectivity index (χ0) is 20.0. The summed E-state index contributed by atoms with van der Waals surface area (Å²) in [5, 5.41) is 3.55. The van der Waals surface area contributed by atoms with E-state index in [1.165, 1.54) is 4.57 Å². The molecule has 8 nitrogen and oxygen atoms in total. The molecular weight excluding hydrogens is 429 g/mol. The Morgan fingerprint density at radius 2 is 1.97 bits per heavy atom. The minimum absolute atomic E-state index is 0. The number of rotatable bonds is 4. The second-order valence-corrected chi connectivity index (χ2v) is 8.44. The van der Waals surface area contributed by atoms with Crippen molar-refractivity contribution >= 4 is 41.8 Å². The monoisotopic (exact) mass is 457 g/mol. The normalized spacial score (nSPS) is 18.8. The summed E-state index contributed by atoms with van der Waals surface area (Å²) in [5.74, 6) is 0.342. The van der Waals surface area contributed by atoms with Gasteiger partial charge in [-0.05, 0) is 31.7 Å². The number of halogens is 2. The summed E-state index contributed by atoms with van der Waals surface area (Å²) in [5.41, 5.74) is 0.488. The maximum Gasteiger partial charge on any atom is 0.330 e. The van der Waals surface area contributed by atoms with Crippen LogP contribution in [0.3, 0.4) is 0 Å². The van der Waals surface area contributed by atoms with Crippen LogP contribution in [-0.2, 0) is 6.54 Å². The molecule has 30 heavy (non-hydrogen) atoms. The van der Waals surface area contributed by atoms with Crippen LogP contribution < -0.4 is 16.6 Å². The van der Waals surface area contributed by atoms with Gasteiger partial charge in [-0.3, -0.25) is 19.1 Å². The Morgan fingerprint density at radius 3 is 2.57 bits per heavy atom. The molecule has 0 aromatic carbocycles. The highest BCUT2D eigenvalue weighted by molar-refractivity contribution is 6.05. The first-order chi connectivity index (χ1) is 13.3. The fourth-order valence-corrected chi connectivity index (χ4v) is 3.87. The molecule has 1 aliphatic carbocycles. The molecule has 3 heterocycles. The summed E-state index contributed by atoms with van der Waals surface area (Å²) >= 11 is 0. The zero-order valence-corrected chi connectivity index (χ0v) is 19.1. The number of nitrogens with zero attached hydrogens (tertiary/aromatic N) is 3. The molecule has 0 spiro atoms. The molecular formula is C20H29Cl2N5O3. The molecule has 166 valence electrons. The average molecular weight is 458 g/mol. The summed E-state index contributed by atoms with van der Waals surface area (Å²) in [6, 6.07) is 1.97. The summed E-state index contributed by atoms with van der Waals surface area (Å²) in [7, 11) is 0. The lowest BCUT2D eigenvalue weighted by atomic mass is 10.1. The standard InChI is InChI=1S/C20H27N5O3.2ClH/c1-11(2)9-25-17-16(18(26)23-20(25)28)14(8-15(22-17)13-4-5-13)19(27)24-7-6-21-12(3)10-24;;/h8,11-13,21H,4-7,9-10H2,1-3H3,(H,23,26,28);2*1H. The van der Waals surface area contributed by atoms with E-state index in [9.17, 15) is 14.4 Å². The van der Waals surface area contributed by atoms with Gasteiger partial charge in [0.1, 0.15) is 0 Å². The van der Waals surface area contributed by atoms with Crippen molar-refractivity contribution in [1.29, 1.82) is 0 Å². The molecule has 0 bridgehead atoms. The van der Waals surface area contributed by atoms with E-state index in [1.54, 1.807) is 11.0 Å². The Hall–Kier alpha value is -1.90. The topological polar surface area (TPSA) is 100 Å². The van der Waals surface area contributed by atoms with Crippen molar-refractivity contribution in [3.8, 4) is 0 Å². The number of fused-ring (bicyclic) bond motifs is 1. The average Bonchev–Trinajstić information content (AvgIpc) is 3.48. The van der Waals surface area contributed by atoms with Crippen LogP contribution in [0.4, 0.5) is 0 Å². The number of carbonyl (C=O) groups excluding carboxylic acids is 1. The van der Waals surface area contributed by atoms with Crippen molar-refractivity contribution in [1.82, 2.24) is 24.8 Å². The molecule has 1 aliphatic heterocycles. The molecule has 1 unspecified atom stereocenters. The first-order valence-electron chi connectivity index (χ1n) is 10.1. The van der Waals surface area contributed by atoms with E-state index in [0.717, 1.165) is 25.1 Å². The van der Waals surface area contributed by atoms with E-state index in [1.807, 2.05) is 20.8 Å². The number of pyridine rings is 1. The van der Waals surface area contributed by atoms with Gasteiger partial charge in [-0.1, -0.05) is 13.8 Å². The largest absolute Gasteiger partial charge is 0.336 e. The third kappa shape index (κ3) is 4.71. The number of nitrogens with one attached hydrogen (secondary N) is 2. The number of carbonyl (C=O) groups is 1. The maximum atomic E-state index is 13.4. The molecule has 2 aromatic rings. The molecule has 10 heteroatoms. The van der Waals surface area contributed by atoms with Crippen LogP contribution in [0.5, 0.6) is 0 Å². The number of aromatic amines is 1. The number of aromatic nitrogens is 3. The Balaban J connectivity index is 0.00000160. The van der Waals surface area contributed by atoms with E-state index in [-0.39, 0.29) is 48.1 Å². The van der Waals surface area contributed by atoms with Crippen LogP contribution in [0, 0.1) is 5.92 Å². The minimum Gasteiger partial charge on any atom is -0.336 e. The zero-order valence-electron chi connectivity index (χ0n) is 17.4. The molecule has 2 aliphatic rings. The number of piperazine rings is 1. The van der Waals surface area contributed by atoms with E-state index < -0.39 is 11.2 Å². The molecule has 0 radical (unpaired) electrons. The molecule has 2 fully saturated rings. The van der Waals surface area contributed by atoms with Gasteiger partial charge < -0.3 is 10.2 Å². The summed E-state index contributed by atoms with van der Waals surface area (Å²) in [6.45, 7) is 8.38. The van der Waals surface area contributed by atoms with Crippen molar-refractivity contribution in [2.24, 2.45) is 5.92 Å². The van der Waals surface area contributed by atoms with Crippen LogP contribution in [0.2, 0.25) is 0 Å². The van der Waals surface area contributed by atoms with Crippen molar-refractivity contribution < 1.29 is 4.79 Å². The van der Waals surface area contributed by atoms with E-state index >= 15 is 0 Å². The fourth-order valence-electron chi connectivity index (χ4n) is 3.87. The Morgan fingerprint density at radius 1 is 1.27 bits per heavy atom. The van der Waals surface area contributed by atoms with Gasteiger partial charge in [-0.15, -0.1) is 24.8 Å². The molecule has 2 aromatic heterocycles. The fraction of sp³-hybridized carbons (Fsp3) is 0.600. The number of hydrogen-bond donors (Lipinski definition) is 2. The van der Waals surface area contributed by atoms with E-state index in [2.05, 4.69) is 15.3 Å². The van der Waals surface area contributed by atoms with Crippen molar-refractivity contribution in [3.05, 3.63) is 38.2 Å². The lowest BCUT2D eigenvalue weighted by molar-refractivity contribution is 0.0710. The van der Waals surface area contributed by atoms with Gasteiger partial charge in [-0.2, -0.15) is 0 Å². The van der Waals surface area contributed by atoms with Crippen LogP contribution in [0.1, 0.15) is 55.6 Å². The Bertz CT molecular complexity index is 1050. The Kier molecular flexibility index (Phi) is 7.71. The lowest BCUT2D eigenvalue weighted by Gasteiger charge is -2.32. The first kappa shape index (κ1) is 24.4. The van der Waals surface area contributed by atoms with Gasteiger partial charge in [0, 0.05) is 43.8 Å². The van der Waals surface area contributed by atoms with Gasteiger partial charge in [0.05, 0.1) is 10.9 Å². The Labute approximate surface area is 187 Å². The SMILES string of the molecule is CC(C)Cn1c(=O)[nH]c(=O)c2c(C(=O)N3CCNC(C)C3)cc(C3CC3)nc21.Cl.Cl. The second-order valence-electron chi connectivity index (χ2n) is 8.44. The van der Waals surface area contributed by atoms with Crippen LogP contribution in [0.15, 0.2) is 15.7 Å². The van der Waals surface area contributed by atoms with Crippen molar-refractivity contribution in [2.45, 2.75) is 52.1 Å². The van der Waals surface area contributed by atoms with Crippen LogP contribution in [-0.4, -0.2) is 51.0 Å². The van der Waals surface area contributed by atoms with Gasteiger partial charge in [0.15, 0.2) is 5.65 Å². The van der Waals surface area contributed by atoms with Crippen molar-refractivity contribution in [3.63, 3.8) is 0 Å². The van der Waals surface area contributed by atoms with Crippen molar-refractivity contribution in [2.75, 3.05) is 19.6 Å². The third-order valence-electron chi connectivity index (χ3n) is 5.40. The molecule has 1 atom stereocenters. The van der Waals surface area contributed by atoms with Gasteiger partial charge in [-0.25, -0.2) is 9.78 Å². The number of H-pyrrole nitrogens is 1. The summed E-state index contributed by atoms with van der Waals surface area (Å²) in [4.78, 5) is 47.4. The quantitative estimate of drug-likeness (QED) is 0.729. The number of amides is 1. The predicted molar refractivity (Wildman–Crippen MR) is 121 cm³/mol.